The van der Waals surface area contributed by atoms with Crippen molar-refractivity contribution in [1.82, 2.24) is 5.32 Å². The van der Waals surface area contributed by atoms with Crippen molar-refractivity contribution in [3.8, 4) is 0 Å². The van der Waals surface area contributed by atoms with Gasteiger partial charge in [-0.25, -0.2) is 8.42 Å². The predicted molar refractivity (Wildman–Crippen MR) is 111 cm³/mol. The minimum Gasteiger partial charge on any atom is -0.354 e. The van der Waals surface area contributed by atoms with Gasteiger partial charge >= 0.3 is 0 Å². The molecule has 148 valence electrons. The topological polar surface area (TPSA) is 66.5 Å². The molecule has 1 aliphatic carbocycles. The number of hydrogen-bond acceptors (Lipinski definition) is 3. The van der Waals surface area contributed by atoms with Gasteiger partial charge in [-0.3, -0.25) is 9.10 Å². The van der Waals surface area contributed by atoms with E-state index in [9.17, 15) is 13.2 Å². The summed E-state index contributed by atoms with van der Waals surface area (Å²) in [6.07, 6.45) is 3.25. The van der Waals surface area contributed by atoms with Crippen molar-refractivity contribution in [2.45, 2.75) is 31.1 Å². The number of fused-ring (bicyclic) bond motifs is 1. The lowest BCUT2D eigenvalue weighted by molar-refractivity contribution is -0.129. The molecule has 1 N–H and O–H groups in total. The second-order valence-corrected chi connectivity index (χ2v) is 9.91. The minimum absolute atomic E-state index is 0.0990. The number of anilines is 1. The van der Waals surface area contributed by atoms with Crippen LogP contribution in [0.15, 0.2) is 48.5 Å². The van der Waals surface area contributed by atoms with Crippen LogP contribution in [-0.4, -0.2) is 33.2 Å². The number of benzene rings is 2. The summed E-state index contributed by atoms with van der Waals surface area (Å²) in [6.45, 7) is 0.569. The molecule has 0 unspecified atom stereocenters. The quantitative estimate of drug-likeness (QED) is 0.782. The first-order chi connectivity index (χ1) is 13.4. The first-order valence-electron chi connectivity index (χ1n) is 9.55. The molecule has 2 aliphatic rings. The Morgan fingerprint density at radius 1 is 1.11 bits per heavy atom. The lowest BCUT2D eigenvalue weighted by atomic mass is 9.64. The van der Waals surface area contributed by atoms with Crippen molar-refractivity contribution in [1.29, 1.82) is 0 Å². The molecule has 4 rings (SSSR count). The number of carbonyl (C=O) groups is 1. The van der Waals surface area contributed by atoms with Gasteiger partial charge in [0.25, 0.3) is 0 Å². The zero-order chi connectivity index (χ0) is 19.8. The lowest BCUT2D eigenvalue weighted by Crippen LogP contribution is -2.50. The Morgan fingerprint density at radius 2 is 1.82 bits per heavy atom. The van der Waals surface area contributed by atoms with E-state index in [2.05, 4.69) is 5.32 Å². The van der Waals surface area contributed by atoms with Gasteiger partial charge in [0.2, 0.25) is 15.9 Å². The summed E-state index contributed by atoms with van der Waals surface area (Å²) in [5.74, 6) is -0.206. The molecule has 28 heavy (non-hydrogen) atoms. The van der Waals surface area contributed by atoms with E-state index in [0.29, 0.717) is 11.6 Å². The van der Waals surface area contributed by atoms with Gasteiger partial charge in [-0.1, -0.05) is 48.4 Å². The van der Waals surface area contributed by atoms with E-state index in [4.69, 9.17) is 11.6 Å². The maximum atomic E-state index is 12.9. The van der Waals surface area contributed by atoms with E-state index in [-0.39, 0.29) is 18.2 Å². The fourth-order valence-electron chi connectivity index (χ4n) is 4.12. The summed E-state index contributed by atoms with van der Waals surface area (Å²) in [5.41, 5.74) is 2.18. The standard InChI is InChI=1S/C21H23ClN2O3S/c22-18-8-6-17(7-9-18)21(11-3-12-21)20(25)23-13-15-28(26,27)24-14-10-16-4-1-2-5-19(16)24/h1-2,4-9H,3,10-15H2,(H,23,25). The molecule has 0 aromatic heterocycles. The van der Waals surface area contributed by atoms with Gasteiger partial charge < -0.3 is 5.32 Å². The van der Waals surface area contributed by atoms with Crippen LogP contribution in [0.2, 0.25) is 5.02 Å². The van der Waals surface area contributed by atoms with E-state index in [1.807, 2.05) is 36.4 Å². The number of amides is 1. The first-order valence-corrected chi connectivity index (χ1v) is 11.5. The average Bonchev–Trinajstić information content (AvgIpc) is 3.07. The maximum Gasteiger partial charge on any atom is 0.236 e. The summed E-state index contributed by atoms with van der Waals surface area (Å²) < 4.78 is 27.0. The summed E-state index contributed by atoms with van der Waals surface area (Å²) in [4.78, 5) is 12.9. The predicted octanol–water partition coefficient (Wildman–Crippen LogP) is 3.27. The van der Waals surface area contributed by atoms with Crippen LogP contribution in [0.5, 0.6) is 0 Å². The summed E-state index contributed by atoms with van der Waals surface area (Å²) in [7, 11) is -3.47. The summed E-state index contributed by atoms with van der Waals surface area (Å²) in [6, 6.07) is 14.9. The van der Waals surface area contributed by atoms with Crippen LogP contribution >= 0.6 is 11.6 Å². The third-order valence-electron chi connectivity index (χ3n) is 5.86. The van der Waals surface area contributed by atoms with E-state index < -0.39 is 15.4 Å². The number of nitrogens with one attached hydrogen (secondary N) is 1. The number of para-hydroxylation sites is 1. The third kappa shape index (κ3) is 3.40. The number of sulfonamides is 1. The molecule has 1 saturated carbocycles. The summed E-state index contributed by atoms with van der Waals surface area (Å²) in [5, 5.41) is 3.50. The van der Waals surface area contributed by atoms with Gasteiger partial charge in [-0.15, -0.1) is 0 Å². The lowest BCUT2D eigenvalue weighted by Gasteiger charge is -2.40. The molecule has 2 aromatic rings. The molecule has 7 heteroatoms. The molecule has 0 saturated heterocycles. The van der Waals surface area contributed by atoms with Crippen molar-refractivity contribution in [3.63, 3.8) is 0 Å². The second kappa shape index (κ2) is 7.41. The highest BCUT2D eigenvalue weighted by molar-refractivity contribution is 7.92. The number of halogens is 1. The van der Waals surface area contributed by atoms with Crippen molar-refractivity contribution < 1.29 is 13.2 Å². The average molecular weight is 419 g/mol. The maximum absolute atomic E-state index is 12.9. The molecule has 1 amide bonds. The van der Waals surface area contributed by atoms with Crippen LogP contribution in [0.25, 0.3) is 0 Å². The molecule has 2 aromatic carbocycles. The SMILES string of the molecule is O=C(NCCS(=O)(=O)N1CCc2ccccc21)C1(c2ccc(Cl)cc2)CCC1. The van der Waals surface area contributed by atoms with E-state index in [1.54, 1.807) is 12.1 Å². The van der Waals surface area contributed by atoms with Gasteiger partial charge in [-0.05, 0) is 48.6 Å². The molecule has 0 bridgehead atoms. The van der Waals surface area contributed by atoms with Crippen LogP contribution in [0.1, 0.15) is 30.4 Å². The Labute approximate surface area is 170 Å². The largest absolute Gasteiger partial charge is 0.354 e. The van der Waals surface area contributed by atoms with Crippen molar-refractivity contribution >= 4 is 33.2 Å². The van der Waals surface area contributed by atoms with Crippen molar-refractivity contribution in [2.24, 2.45) is 0 Å². The second-order valence-electron chi connectivity index (χ2n) is 7.47. The van der Waals surface area contributed by atoms with Crippen LogP contribution in [-0.2, 0) is 26.7 Å². The number of hydrogen-bond donors (Lipinski definition) is 1. The Morgan fingerprint density at radius 3 is 2.50 bits per heavy atom. The normalized spacial score (nSPS) is 17.7. The Kier molecular flexibility index (Phi) is 5.10. The molecule has 5 nitrogen and oxygen atoms in total. The fourth-order valence-corrected chi connectivity index (χ4v) is 5.67. The van der Waals surface area contributed by atoms with Crippen molar-refractivity contribution in [3.05, 3.63) is 64.7 Å². The molecule has 1 heterocycles. The fraction of sp³-hybridized carbons (Fsp3) is 0.381. The molecule has 0 radical (unpaired) electrons. The van der Waals surface area contributed by atoms with Crippen LogP contribution in [0.3, 0.4) is 0 Å². The van der Waals surface area contributed by atoms with Gasteiger partial charge in [-0.2, -0.15) is 0 Å². The van der Waals surface area contributed by atoms with Crippen LogP contribution in [0.4, 0.5) is 5.69 Å². The summed E-state index contributed by atoms with van der Waals surface area (Å²) >= 11 is 5.96. The third-order valence-corrected chi connectivity index (χ3v) is 7.89. The highest BCUT2D eigenvalue weighted by Gasteiger charge is 2.45. The van der Waals surface area contributed by atoms with E-state index in [0.717, 1.165) is 42.5 Å². The van der Waals surface area contributed by atoms with Crippen LogP contribution < -0.4 is 9.62 Å². The first kappa shape index (κ1) is 19.3. The molecule has 1 fully saturated rings. The Bertz CT molecular complexity index is 985. The number of nitrogens with zero attached hydrogens (tertiary/aromatic N) is 1. The molecular formula is C21H23ClN2O3S. The van der Waals surface area contributed by atoms with Crippen LogP contribution in [0, 0.1) is 0 Å². The smallest absolute Gasteiger partial charge is 0.236 e. The number of rotatable bonds is 6. The van der Waals surface area contributed by atoms with Crippen molar-refractivity contribution in [2.75, 3.05) is 23.1 Å². The Hall–Kier alpha value is -2.05. The zero-order valence-corrected chi connectivity index (χ0v) is 17.1. The molecule has 0 atom stereocenters. The van der Waals surface area contributed by atoms with Gasteiger partial charge in [0.1, 0.15) is 0 Å². The Balaban J connectivity index is 1.41. The van der Waals surface area contributed by atoms with E-state index in [1.165, 1.54) is 4.31 Å². The molecular weight excluding hydrogens is 396 g/mol. The highest BCUT2D eigenvalue weighted by atomic mass is 35.5. The molecule has 0 spiro atoms. The molecule has 1 aliphatic heterocycles. The van der Waals surface area contributed by atoms with Gasteiger partial charge in [0.05, 0.1) is 16.9 Å². The highest BCUT2D eigenvalue weighted by Crippen LogP contribution is 2.44. The number of carbonyl (C=O) groups excluding carboxylic acids is 1. The van der Waals surface area contributed by atoms with E-state index >= 15 is 0 Å². The minimum atomic E-state index is -3.47. The zero-order valence-electron chi connectivity index (χ0n) is 15.5. The van der Waals surface area contributed by atoms with Gasteiger partial charge in [0, 0.05) is 18.1 Å². The van der Waals surface area contributed by atoms with Gasteiger partial charge in [0.15, 0.2) is 0 Å². The monoisotopic (exact) mass is 418 g/mol.